The number of amides is 1. The molecule has 0 bridgehead atoms. The van der Waals surface area contributed by atoms with E-state index in [0.29, 0.717) is 12.7 Å². The molecule has 0 heterocycles. The summed E-state index contributed by atoms with van der Waals surface area (Å²) in [4.78, 5) is 21.1. The lowest BCUT2D eigenvalue weighted by molar-refractivity contribution is -0.123. The highest BCUT2D eigenvalue weighted by molar-refractivity contribution is 5.71. The van der Waals surface area contributed by atoms with Gasteiger partial charge in [-0.3, -0.25) is 4.79 Å². The van der Waals surface area contributed by atoms with E-state index < -0.39 is 11.7 Å². The zero-order valence-corrected chi connectivity index (χ0v) is 8.21. The van der Waals surface area contributed by atoms with Gasteiger partial charge in [0.15, 0.2) is 11.9 Å². The third-order valence-corrected chi connectivity index (χ3v) is 1.86. The SMILES string of the molecule is CCCCC[C@](C)(C=O)OC(N)=O. The first-order chi connectivity index (χ1) is 6.04. The molecule has 2 N–H and O–H groups in total. The van der Waals surface area contributed by atoms with Crippen molar-refractivity contribution in [3.63, 3.8) is 0 Å². The highest BCUT2D eigenvalue weighted by atomic mass is 16.6. The minimum Gasteiger partial charge on any atom is -0.436 e. The number of hydrogen-bond acceptors (Lipinski definition) is 3. The van der Waals surface area contributed by atoms with E-state index in [1.165, 1.54) is 0 Å². The predicted molar refractivity (Wildman–Crippen MR) is 49.3 cm³/mol. The van der Waals surface area contributed by atoms with E-state index in [9.17, 15) is 9.59 Å². The monoisotopic (exact) mass is 187 g/mol. The molecule has 0 fully saturated rings. The molecule has 0 aromatic rings. The highest BCUT2D eigenvalue weighted by Gasteiger charge is 2.26. The number of unbranched alkanes of at least 4 members (excludes halogenated alkanes) is 2. The van der Waals surface area contributed by atoms with Crippen molar-refractivity contribution in [2.24, 2.45) is 5.73 Å². The van der Waals surface area contributed by atoms with Crippen molar-refractivity contribution >= 4 is 12.4 Å². The van der Waals surface area contributed by atoms with Gasteiger partial charge in [0.25, 0.3) is 0 Å². The Labute approximate surface area is 78.4 Å². The van der Waals surface area contributed by atoms with Crippen LogP contribution in [0.25, 0.3) is 0 Å². The molecule has 0 spiro atoms. The Hall–Kier alpha value is -1.06. The number of rotatable bonds is 6. The molecule has 0 rings (SSSR count). The summed E-state index contributed by atoms with van der Waals surface area (Å²) in [5, 5.41) is 0. The lowest BCUT2D eigenvalue weighted by Gasteiger charge is -2.21. The zero-order valence-electron chi connectivity index (χ0n) is 8.21. The maximum absolute atomic E-state index is 10.6. The fraction of sp³-hybridized carbons (Fsp3) is 0.778. The number of ether oxygens (including phenoxy) is 1. The second-order valence-corrected chi connectivity index (χ2v) is 3.31. The van der Waals surface area contributed by atoms with Gasteiger partial charge < -0.3 is 10.5 Å². The summed E-state index contributed by atoms with van der Waals surface area (Å²) in [7, 11) is 0. The van der Waals surface area contributed by atoms with E-state index in [-0.39, 0.29) is 0 Å². The summed E-state index contributed by atoms with van der Waals surface area (Å²) in [6, 6.07) is 0. The third-order valence-electron chi connectivity index (χ3n) is 1.86. The maximum atomic E-state index is 10.6. The number of carbonyl (C=O) groups excluding carboxylic acids is 2. The third kappa shape index (κ3) is 5.22. The van der Waals surface area contributed by atoms with Crippen molar-refractivity contribution in [2.75, 3.05) is 0 Å². The molecule has 0 aromatic carbocycles. The number of primary amides is 1. The van der Waals surface area contributed by atoms with Gasteiger partial charge in [-0.15, -0.1) is 0 Å². The average molecular weight is 187 g/mol. The summed E-state index contributed by atoms with van der Waals surface area (Å²) in [5.74, 6) is 0. The van der Waals surface area contributed by atoms with Gasteiger partial charge in [-0.05, 0) is 19.8 Å². The molecule has 0 unspecified atom stereocenters. The normalized spacial score (nSPS) is 14.6. The topological polar surface area (TPSA) is 69.4 Å². The van der Waals surface area contributed by atoms with Crippen LogP contribution in [0.1, 0.15) is 39.5 Å². The maximum Gasteiger partial charge on any atom is 0.405 e. The van der Waals surface area contributed by atoms with Crippen molar-refractivity contribution in [3.8, 4) is 0 Å². The molecule has 0 radical (unpaired) electrons. The van der Waals surface area contributed by atoms with E-state index in [0.717, 1.165) is 19.3 Å². The number of carbonyl (C=O) groups is 2. The molecule has 0 saturated heterocycles. The molecule has 0 aliphatic rings. The van der Waals surface area contributed by atoms with Crippen LogP contribution in [0.2, 0.25) is 0 Å². The van der Waals surface area contributed by atoms with E-state index in [2.05, 4.69) is 6.92 Å². The van der Waals surface area contributed by atoms with Crippen molar-refractivity contribution in [1.29, 1.82) is 0 Å². The van der Waals surface area contributed by atoms with Crippen LogP contribution in [0.3, 0.4) is 0 Å². The predicted octanol–water partition coefficient (Wildman–Crippen LogP) is 1.62. The molecule has 1 atom stereocenters. The van der Waals surface area contributed by atoms with Gasteiger partial charge in [-0.2, -0.15) is 0 Å². The van der Waals surface area contributed by atoms with Crippen molar-refractivity contribution < 1.29 is 14.3 Å². The van der Waals surface area contributed by atoms with Crippen LogP contribution in [-0.2, 0) is 9.53 Å². The fourth-order valence-electron chi connectivity index (χ4n) is 1.09. The van der Waals surface area contributed by atoms with Gasteiger partial charge in [-0.25, -0.2) is 4.79 Å². The van der Waals surface area contributed by atoms with Crippen LogP contribution in [-0.4, -0.2) is 18.0 Å². The molecule has 4 heteroatoms. The Balaban J connectivity index is 3.96. The Morgan fingerprint density at radius 3 is 2.54 bits per heavy atom. The summed E-state index contributed by atoms with van der Waals surface area (Å²) >= 11 is 0. The second kappa shape index (κ2) is 5.56. The van der Waals surface area contributed by atoms with E-state index >= 15 is 0 Å². The van der Waals surface area contributed by atoms with Gasteiger partial charge in [0.05, 0.1) is 0 Å². The highest BCUT2D eigenvalue weighted by Crippen LogP contribution is 2.16. The Bertz CT molecular complexity index is 182. The summed E-state index contributed by atoms with van der Waals surface area (Å²) < 4.78 is 4.70. The first-order valence-corrected chi connectivity index (χ1v) is 4.49. The molecule has 0 aliphatic heterocycles. The fourth-order valence-corrected chi connectivity index (χ4v) is 1.09. The first kappa shape index (κ1) is 11.9. The molecule has 0 aromatic heterocycles. The minimum atomic E-state index is -1.04. The summed E-state index contributed by atoms with van der Waals surface area (Å²) in [6.07, 6.45) is 3.21. The van der Waals surface area contributed by atoms with Crippen LogP contribution in [0.5, 0.6) is 0 Å². The number of nitrogens with two attached hydrogens (primary N) is 1. The lowest BCUT2D eigenvalue weighted by atomic mass is 10.00. The second-order valence-electron chi connectivity index (χ2n) is 3.31. The van der Waals surface area contributed by atoms with Gasteiger partial charge in [0.1, 0.15) is 0 Å². The molecule has 13 heavy (non-hydrogen) atoms. The van der Waals surface area contributed by atoms with Crippen molar-refractivity contribution in [3.05, 3.63) is 0 Å². The van der Waals surface area contributed by atoms with Crippen LogP contribution in [0.4, 0.5) is 4.79 Å². The first-order valence-electron chi connectivity index (χ1n) is 4.49. The van der Waals surface area contributed by atoms with Crippen molar-refractivity contribution in [2.45, 2.75) is 45.1 Å². The van der Waals surface area contributed by atoms with E-state index in [1.807, 2.05) is 0 Å². The summed E-state index contributed by atoms with van der Waals surface area (Å²) in [6.45, 7) is 3.63. The van der Waals surface area contributed by atoms with Crippen LogP contribution >= 0.6 is 0 Å². The molecule has 4 nitrogen and oxygen atoms in total. The molecular formula is C9H17NO3. The van der Waals surface area contributed by atoms with Crippen LogP contribution < -0.4 is 5.73 Å². The van der Waals surface area contributed by atoms with Crippen LogP contribution in [0.15, 0.2) is 0 Å². The van der Waals surface area contributed by atoms with Gasteiger partial charge in [0.2, 0.25) is 0 Å². The average Bonchev–Trinajstić information content (AvgIpc) is 2.04. The Kier molecular flexibility index (Phi) is 5.11. The standard InChI is InChI=1S/C9H17NO3/c1-3-4-5-6-9(2,7-11)13-8(10)12/h7H,3-6H2,1-2H3,(H2,10,12)/t9-/m1/s1. The number of hydrogen-bond donors (Lipinski definition) is 1. The van der Waals surface area contributed by atoms with E-state index in [1.54, 1.807) is 6.92 Å². The molecule has 1 amide bonds. The summed E-state index contributed by atoms with van der Waals surface area (Å²) in [5.41, 5.74) is 3.80. The molecular weight excluding hydrogens is 170 g/mol. The van der Waals surface area contributed by atoms with Gasteiger partial charge in [0, 0.05) is 0 Å². The Morgan fingerprint density at radius 1 is 1.54 bits per heavy atom. The van der Waals surface area contributed by atoms with E-state index in [4.69, 9.17) is 10.5 Å². The Morgan fingerprint density at radius 2 is 2.15 bits per heavy atom. The quantitative estimate of drug-likeness (QED) is 0.507. The van der Waals surface area contributed by atoms with Gasteiger partial charge in [-0.1, -0.05) is 19.8 Å². The number of aldehydes is 1. The largest absolute Gasteiger partial charge is 0.436 e. The molecule has 0 saturated carbocycles. The smallest absolute Gasteiger partial charge is 0.405 e. The lowest BCUT2D eigenvalue weighted by Crippen LogP contribution is -2.35. The molecule has 0 aliphatic carbocycles. The zero-order chi connectivity index (χ0) is 10.3. The molecule has 76 valence electrons. The van der Waals surface area contributed by atoms with Crippen LogP contribution in [0, 0.1) is 0 Å². The van der Waals surface area contributed by atoms with Gasteiger partial charge >= 0.3 is 6.09 Å². The van der Waals surface area contributed by atoms with Crippen molar-refractivity contribution in [1.82, 2.24) is 0 Å². The minimum absolute atomic E-state index is 0.535.